The highest BCUT2D eigenvalue weighted by Gasteiger charge is 2.14. The molecule has 112 valence electrons. The number of furan rings is 1. The van der Waals surface area contributed by atoms with Gasteiger partial charge in [-0.1, -0.05) is 11.6 Å². The minimum atomic E-state index is -0.295. The topological polar surface area (TPSA) is 70.9 Å². The number of carbonyl (C=O) groups excluding carboxylic acids is 1. The van der Waals surface area contributed by atoms with E-state index in [0.29, 0.717) is 27.9 Å². The molecule has 0 spiro atoms. The number of hydrogen-bond donors (Lipinski definition) is 2. The minimum absolute atomic E-state index is 0.290. The summed E-state index contributed by atoms with van der Waals surface area (Å²) in [5.41, 5.74) is 2.54. The van der Waals surface area contributed by atoms with Crippen molar-refractivity contribution in [3.8, 4) is 11.5 Å². The molecule has 0 aliphatic rings. The van der Waals surface area contributed by atoms with Gasteiger partial charge in [0.15, 0.2) is 11.5 Å². The number of aryl methyl sites for hydroxylation is 2. The predicted molar refractivity (Wildman–Crippen MR) is 85.2 cm³/mol. The molecule has 6 heteroatoms. The van der Waals surface area contributed by atoms with E-state index in [9.17, 15) is 4.79 Å². The molecule has 0 saturated heterocycles. The molecular weight excluding hydrogens is 302 g/mol. The Balaban J connectivity index is 1.79. The standard InChI is InChI=1S/C16H14ClN3O2/c1-9-7-11(17)4-5-12(9)18-16(21)14-8-13(19-20-14)15-6-3-10(2)22-15/h3-8H,1-2H3,(H,18,21)(H,19,20). The van der Waals surface area contributed by atoms with Crippen molar-refractivity contribution in [3.63, 3.8) is 0 Å². The Morgan fingerprint density at radius 1 is 1.23 bits per heavy atom. The zero-order valence-corrected chi connectivity index (χ0v) is 12.9. The lowest BCUT2D eigenvalue weighted by atomic mass is 10.2. The number of aromatic nitrogens is 2. The van der Waals surface area contributed by atoms with Crippen LogP contribution < -0.4 is 5.32 Å². The molecular formula is C16H14ClN3O2. The first-order chi connectivity index (χ1) is 10.5. The molecule has 0 aliphatic heterocycles. The molecule has 0 saturated carbocycles. The Bertz CT molecular complexity index is 836. The zero-order chi connectivity index (χ0) is 15.7. The molecule has 0 atom stereocenters. The van der Waals surface area contributed by atoms with Gasteiger partial charge in [-0.25, -0.2) is 0 Å². The van der Waals surface area contributed by atoms with Crippen LogP contribution in [-0.2, 0) is 0 Å². The van der Waals surface area contributed by atoms with Crippen LogP contribution in [0, 0.1) is 13.8 Å². The zero-order valence-electron chi connectivity index (χ0n) is 12.1. The van der Waals surface area contributed by atoms with E-state index in [-0.39, 0.29) is 5.91 Å². The van der Waals surface area contributed by atoms with Crippen LogP contribution in [0.25, 0.3) is 11.5 Å². The van der Waals surface area contributed by atoms with Crippen molar-refractivity contribution >= 4 is 23.2 Å². The summed E-state index contributed by atoms with van der Waals surface area (Å²) in [7, 11) is 0. The molecule has 0 unspecified atom stereocenters. The molecule has 22 heavy (non-hydrogen) atoms. The molecule has 2 N–H and O–H groups in total. The lowest BCUT2D eigenvalue weighted by Gasteiger charge is -2.06. The quantitative estimate of drug-likeness (QED) is 0.761. The molecule has 1 amide bonds. The van der Waals surface area contributed by atoms with Gasteiger partial charge in [0.1, 0.15) is 11.5 Å². The van der Waals surface area contributed by atoms with Crippen molar-refractivity contribution in [3.05, 3.63) is 58.4 Å². The first kappa shape index (κ1) is 14.4. The van der Waals surface area contributed by atoms with Crippen LogP contribution in [0.5, 0.6) is 0 Å². The molecule has 0 fully saturated rings. The second-order valence-electron chi connectivity index (χ2n) is 4.99. The van der Waals surface area contributed by atoms with Gasteiger partial charge in [-0.05, 0) is 49.7 Å². The first-order valence-electron chi connectivity index (χ1n) is 6.72. The van der Waals surface area contributed by atoms with Crippen molar-refractivity contribution in [1.29, 1.82) is 0 Å². The van der Waals surface area contributed by atoms with Crippen LogP contribution in [0.4, 0.5) is 5.69 Å². The molecule has 0 aliphatic carbocycles. The number of carbonyl (C=O) groups is 1. The number of rotatable bonds is 3. The van der Waals surface area contributed by atoms with E-state index in [1.807, 2.05) is 26.0 Å². The summed E-state index contributed by atoms with van der Waals surface area (Å²) in [4.78, 5) is 12.2. The molecule has 3 rings (SSSR count). The second-order valence-corrected chi connectivity index (χ2v) is 5.43. The van der Waals surface area contributed by atoms with Crippen LogP contribution in [0.1, 0.15) is 21.8 Å². The molecule has 2 aromatic heterocycles. The number of benzene rings is 1. The van der Waals surface area contributed by atoms with Crippen molar-refractivity contribution in [2.75, 3.05) is 5.32 Å². The van der Waals surface area contributed by atoms with Crippen molar-refractivity contribution in [2.24, 2.45) is 0 Å². The highest BCUT2D eigenvalue weighted by molar-refractivity contribution is 6.30. The Kier molecular flexibility index (Phi) is 3.73. The summed E-state index contributed by atoms with van der Waals surface area (Å²) in [6.45, 7) is 3.74. The van der Waals surface area contributed by atoms with Crippen molar-refractivity contribution in [1.82, 2.24) is 10.2 Å². The fourth-order valence-corrected chi connectivity index (χ4v) is 2.32. The van der Waals surface area contributed by atoms with E-state index in [1.165, 1.54) is 0 Å². The fraction of sp³-hybridized carbons (Fsp3) is 0.125. The van der Waals surface area contributed by atoms with E-state index >= 15 is 0 Å². The SMILES string of the molecule is Cc1ccc(-c2cc(C(=O)Nc3ccc(Cl)cc3C)n[nH]2)o1. The van der Waals surface area contributed by atoms with Gasteiger partial charge in [0, 0.05) is 16.8 Å². The Morgan fingerprint density at radius 3 is 2.73 bits per heavy atom. The number of nitrogens with zero attached hydrogens (tertiary/aromatic N) is 1. The smallest absolute Gasteiger partial charge is 0.276 e. The van der Waals surface area contributed by atoms with Gasteiger partial charge in [0.2, 0.25) is 0 Å². The number of hydrogen-bond acceptors (Lipinski definition) is 3. The number of halogens is 1. The van der Waals surface area contributed by atoms with E-state index in [2.05, 4.69) is 15.5 Å². The van der Waals surface area contributed by atoms with Crippen molar-refractivity contribution in [2.45, 2.75) is 13.8 Å². The van der Waals surface area contributed by atoms with Crippen LogP contribution in [0.15, 0.2) is 40.8 Å². The van der Waals surface area contributed by atoms with Crippen LogP contribution in [0.3, 0.4) is 0 Å². The number of H-pyrrole nitrogens is 1. The minimum Gasteiger partial charge on any atom is -0.460 e. The summed E-state index contributed by atoms with van der Waals surface area (Å²) in [6.07, 6.45) is 0. The monoisotopic (exact) mass is 315 g/mol. The molecule has 2 heterocycles. The molecule has 0 radical (unpaired) electrons. The molecule has 0 bridgehead atoms. The summed E-state index contributed by atoms with van der Waals surface area (Å²) in [5.74, 6) is 1.15. The lowest BCUT2D eigenvalue weighted by molar-refractivity contribution is 0.102. The number of anilines is 1. The van der Waals surface area contributed by atoms with Gasteiger partial charge < -0.3 is 9.73 Å². The van der Waals surface area contributed by atoms with Gasteiger partial charge in [0.05, 0.1) is 0 Å². The predicted octanol–water partition coefficient (Wildman–Crippen LogP) is 4.19. The van der Waals surface area contributed by atoms with Gasteiger partial charge in [-0.2, -0.15) is 5.10 Å². The maximum absolute atomic E-state index is 12.2. The van der Waals surface area contributed by atoms with Crippen LogP contribution in [0.2, 0.25) is 5.02 Å². The summed E-state index contributed by atoms with van der Waals surface area (Å²) >= 11 is 5.90. The maximum atomic E-state index is 12.2. The Labute approximate surface area is 132 Å². The van der Waals surface area contributed by atoms with Crippen LogP contribution in [-0.4, -0.2) is 16.1 Å². The number of nitrogens with one attached hydrogen (secondary N) is 2. The number of amides is 1. The normalized spacial score (nSPS) is 10.7. The van der Waals surface area contributed by atoms with Gasteiger partial charge in [-0.3, -0.25) is 9.89 Å². The highest BCUT2D eigenvalue weighted by atomic mass is 35.5. The van der Waals surface area contributed by atoms with E-state index in [1.54, 1.807) is 24.3 Å². The average molecular weight is 316 g/mol. The highest BCUT2D eigenvalue weighted by Crippen LogP contribution is 2.22. The second kappa shape index (κ2) is 5.69. The summed E-state index contributed by atoms with van der Waals surface area (Å²) < 4.78 is 5.50. The lowest BCUT2D eigenvalue weighted by Crippen LogP contribution is -2.13. The van der Waals surface area contributed by atoms with Gasteiger partial charge in [0.25, 0.3) is 5.91 Å². The van der Waals surface area contributed by atoms with E-state index in [0.717, 1.165) is 11.3 Å². The third-order valence-corrected chi connectivity index (χ3v) is 3.49. The molecule has 3 aromatic rings. The third-order valence-electron chi connectivity index (χ3n) is 3.25. The average Bonchev–Trinajstić information content (AvgIpc) is 3.10. The molecule has 5 nitrogen and oxygen atoms in total. The van der Waals surface area contributed by atoms with E-state index in [4.69, 9.17) is 16.0 Å². The first-order valence-corrected chi connectivity index (χ1v) is 7.10. The third kappa shape index (κ3) is 2.89. The van der Waals surface area contributed by atoms with Crippen molar-refractivity contribution < 1.29 is 9.21 Å². The van der Waals surface area contributed by atoms with Gasteiger partial charge in [-0.15, -0.1) is 0 Å². The van der Waals surface area contributed by atoms with Crippen LogP contribution >= 0.6 is 11.6 Å². The summed E-state index contributed by atoms with van der Waals surface area (Å²) in [5, 5.41) is 10.3. The van der Waals surface area contributed by atoms with Gasteiger partial charge >= 0.3 is 0 Å². The largest absolute Gasteiger partial charge is 0.460 e. The maximum Gasteiger partial charge on any atom is 0.276 e. The molecule has 1 aromatic carbocycles. The Morgan fingerprint density at radius 2 is 2.05 bits per heavy atom. The number of aromatic amines is 1. The van der Waals surface area contributed by atoms with E-state index < -0.39 is 0 Å². The fourth-order valence-electron chi connectivity index (χ4n) is 2.10. The Hall–Kier alpha value is -2.53. The summed E-state index contributed by atoms with van der Waals surface area (Å²) in [6, 6.07) is 10.6.